The lowest BCUT2D eigenvalue weighted by Gasteiger charge is -2.12. The summed E-state index contributed by atoms with van der Waals surface area (Å²) in [5.41, 5.74) is 3.46. The Labute approximate surface area is 158 Å². The molecule has 1 amide bonds. The molecule has 25 heavy (non-hydrogen) atoms. The zero-order chi connectivity index (χ0) is 18.0. The highest BCUT2D eigenvalue weighted by molar-refractivity contribution is 9.10. The van der Waals surface area contributed by atoms with Crippen LogP contribution >= 0.6 is 27.3 Å². The summed E-state index contributed by atoms with van der Waals surface area (Å²) >= 11 is 4.66. The maximum Gasteiger partial charge on any atom is 0.276 e. The predicted octanol–water partition coefficient (Wildman–Crippen LogP) is 3.02. The molecule has 2 N–H and O–H groups in total. The molecule has 0 spiro atoms. The number of ether oxygens (including phenoxy) is 1. The molecule has 0 unspecified atom stereocenters. The molecule has 1 heterocycles. The molecule has 6 nitrogen and oxygen atoms in total. The van der Waals surface area contributed by atoms with Crippen LogP contribution in [0.5, 0.6) is 5.75 Å². The molecule has 134 valence electrons. The minimum atomic E-state index is -3.97. The van der Waals surface area contributed by atoms with Crippen molar-refractivity contribution < 1.29 is 17.9 Å². The highest BCUT2D eigenvalue weighted by atomic mass is 79.9. The van der Waals surface area contributed by atoms with E-state index in [1.54, 1.807) is 19.1 Å². The molecule has 0 fully saturated rings. The lowest BCUT2D eigenvalue weighted by molar-refractivity contribution is 0.0949. The van der Waals surface area contributed by atoms with Gasteiger partial charge in [-0.25, -0.2) is 8.42 Å². The van der Waals surface area contributed by atoms with E-state index >= 15 is 0 Å². The number of benzene rings is 1. The Hall–Kier alpha value is -1.42. The fourth-order valence-electron chi connectivity index (χ4n) is 2.64. The summed E-state index contributed by atoms with van der Waals surface area (Å²) < 4.78 is 31.0. The number of carbonyl (C=O) groups is 1. The zero-order valence-corrected chi connectivity index (χ0v) is 16.7. The molecule has 1 aromatic heterocycles. The van der Waals surface area contributed by atoms with Gasteiger partial charge in [-0.3, -0.25) is 10.2 Å². The van der Waals surface area contributed by atoms with Crippen molar-refractivity contribution in [3.63, 3.8) is 0 Å². The Morgan fingerprint density at radius 3 is 2.84 bits per heavy atom. The van der Waals surface area contributed by atoms with Gasteiger partial charge in [-0.05, 0) is 56.0 Å². The van der Waals surface area contributed by atoms with Gasteiger partial charge in [-0.2, -0.15) is 0 Å². The second kappa shape index (κ2) is 7.45. The first kappa shape index (κ1) is 18.4. The highest BCUT2D eigenvalue weighted by Gasteiger charge is 2.23. The summed E-state index contributed by atoms with van der Waals surface area (Å²) in [4.78, 5) is 16.0. The van der Waals surface area contributed by atoms with Crippen LogP contribution in [0.4, 0.5) is 0 Å². The van der Waals surface area contributed by atoms with Crippen LogP contribution in [-0.4, -0.2) is 20.9 Å². The lowest BCUT2D eigenvalue weighted by Crippen LogP contribution is -2.41. The number of hydrogen-bond donors (Lipinski definition) is 2. The number of amides is 1. The summed E-state index contributed by atoms with van der Waals surface area (Å²) in [6.07, 6.45) is 3.06. The number of rotatable bonds is 6. The van der Waals surface area contributed by atoms with Gasteiger partial charge >= 0.3 is 0 Å². The minimum absolute atomic E-state index is 0.0438. The van der Waals surface area contributed by atoms with E-state index in [2.05, 4.69) is 26.2 Å². The van der Waals surface area contributed by atoms with Crippen molar-refractivity contribution >= 4 is 43.2 Å². The largest absolute Gasteiger partial charge is 0.492 e. The number of thiophene rings is 1. The fourth-order valence-corrected chi connectivity index (χ4v) is 5.31. The van der Waals surface area contributed by atoms with Crippen LogP contribution < -0.4 is 15.0 Å². The number of hydrazine groups is 1. The van der Waals surface area contributed by atoms with Gasteiger partial charge in [0.05, 0.1) is 11.5 Å². The van der Waals surface area contributed by atoms with Crippen molar-refractivity contribution in [3.8, 4) is 5.75 Å². The Kier molecular flexibility index (Phi) is 5.47. The molecule has 0 saturated carbocycles. The van der Waals surface area contributed by atoms with Crippen LogP contribution in [0.1, 0.15) is 33.5 Å². The quantitative estimate of drug-likeness (QED) is 0.670. The Bertz CT molecular complexity index is 887. The monoisotopic (exact) mass is 444 g/mol. The summed E-state index contributed by atoms with van der Waals surface area (Å²) in [5.74, 6) is -0.238. The van der Waals surface area contributed by atoms with Gasteiger partial charge in [-0.15, -0.1) is 16.2 Å². The average Bonchev–Trinajstić information content (AvgIpc) is 3.16. The van der Waals surface area contributed by atoms with E-state index < -0.39 is 15.9 Å². The molecule has 0 atom stereocenters. The minimum Gasteiger partial charge on any atom is -0.492 e. The number of nitrogens with one attached hydrogen (secondary N) is 2. The molecule has 0 saturated heterocycles. The molecule has 1 aliphatic rings. The smallest absolute Gasteiger partial charge is 0.276 e. The van der Waals surface area contributed by atoms with E-state index in [-0.39, 0.29) is 10.6 Å². The van der Waals surface area contributed by atoms with Crippen LogP contribution in [0.25, 0.3) is 0 Å². The summed E-state index contributed by atoms with van der Waals surface area (Å²) in [7, 11) is -3.97. The third kappa shape index (κ3) is 4.05. The van der Waals surface area contributed by atoms with Crippen molar-refractivity contribution in [2.24, 2.45) is 0 Å². The van der Waals surface area contributed by atoms with E-state index in [1.165, 1.54) is 27.8 Å². The standard InChI is InChI=1S/C16H17BrN2O4S2/c1-2-23-12-7-6-11(17)9-15(12)25(21,22)19-18-16(20)14-8-10-4-3-5-13(10)24-14/h6-9,19H,2-5H2,1H3,(H,18,20). The van der Waals surface area contributed by atoms with Gasteiger partial charge in [-0.1, -0.05) is 15.9 Å². The molecule has 1 aliphatic carbocycles. The maximum absolute atomic E-state index is 12.5. The predicted molar refractivity (Wildman–Crippen MR) is 99.4 cm³/mol. The Morgan fingerprint density at radius 2 is 2.12 bits per heavy atom. The topological polar surface area (TPSA) is 84.5 Å². The van der Waals surface area contributed by atoms with Crippen LogP contribution in [0.15, 0.2) is 33.6 Å². The average molecular weight is 445 g/mol. The normalized spacial score (nSPS) is 13.5. The number of carbonyl (C=O) groups excluding carboxylic acids is 1. The van der Waals surface area contributed by atoms with E-state index in [0.717, 1.165) is 19.3 Å². The van der Waals surface area contributed by atoms with Gasteiger partial charge in [0, 0.05) is 9.35 Å². The van der Waals surface area contributed by atoms with E-state index in [1.807, 2.05) is 6.07 Å². The SMILES string of the molecule is CCOc1ccc(Br)cc1S(=O)(=O)NNC(=O)c1cc2c(s1)CCC2. The van der Waals surface area contributed by atoms with Crippen LogP contribution in [0, 0.1) is 0 Å². The van der Waals surface area contributed by atoms with Gasteiger partial charge in [0.15, 0.2) is 0 Å². The summed E-state index contributed by atoms with van der Waals surface area (Å²) in [5, 5.41) is 0. The fraction of sp³-hybridized carbons (Fsp3) is 0.312. The van der Waals surface area contributed by atoms with Crippen molar-refractivity contribution in [2.45, 2.75) is 31.1 Å². The van der Waals surface area contributed by atoms with E-state index in [9.17, 15) is 13.2 Å². The lowest BCUT2D eigenvalue weighted by atomic mass is 10.2. The van der Waals surface area contributed by atoms with E-state index in [4.69, 9.17) is 4.74 Å². The van der Waals surface area contributed by atoms with Gasteiger partial charge in [0.1, 0.15) is 10.6 Å². The second-order valence-electron chi connectivity index (χ2n) is 5.50. The van der Waals surface area contributed by atoms with Crippen LogP contribution in [-0.2, 0) is 22.9 Å². The summed E-state index contributed by atoms with van der Waals surface area (Å²) in [6.45, 7) is 2.10. The third-order valence-corrected chi connectivity index (χ3v) is 6.76. The van der Waals surface area contributed by atoms with Crippen LogP contribution in [0.3, 0.4) is 0 Å². The third-order valence-electron chi connectivity index (χ3n) is 3.76. The number of hydrogen-bond acceptors (Lipinski definition) is 5. The molecular weight excluding hydrogens is 428 g/mol. The van der Waals surface area contributed by atoms with Crippen molar-refractivity contribution in [1.82, 2.24) is 10.3 Å². The number of sulfonamides is 1. The molecule has 1 aromatic carbocycles. The first-order valence-corrected chi connectivity index (χ1v) is 10.9. The molecule has 3 rings (SSSR count). The highest BCUT2D eigenvalue weighted by Crippen LogP contribution is 2.30. The van der Waals surface area contributed by atoms with Gasteiger partial charge < -0.3 is 4.74 Å². The Morgan fingerprint density at radius 1 is 1.32 bits per heavy atom. The van der Waals surface area contributed by atoms with Crippen molar-refractivity contribution in [3.05, 3.63) is 44.1 Å². The summed E-state index contributed by atoms with van der Waals surface area (Å²) in [6, 6.07) is 6.52. The molecule has 9 heteroatoms. The van der Waals surface area contributed by atoms with Crippen LogP contribution in [0.2, 0.25) is 0 Å². The molecule has 0 aliphatic heterocycles. The molecule has 2 aromatic rings. The van der Waals surface area contributed by atoms with Crippen molar-refractivity contribution in [1.29, 1.82) is 0 Å². The maximum atomic E-state index is 12.5. The zero-order valence-electron chi connectivity index (χ0n) is 13.5. The Balaban J connectivity index is 1.75. The van der Waals surface area contributed by atoms with Gasteiger partial charge in [0.2, 0.25) is 0 Å². The number of fused-ring (bicyclic) bond motifs is 1. The van der Waals surface area contributed by atoms with Gasteiger partial charge in [0.25, 0.3) is 15.9 Å². The molecular formula is C16H17BrN2O4S2. The van der Waals surface area contributed by atoms with Crippen molar-refractivity contribution in [2.75, 3.05) is 6.61 Å². The van der Waals surface area contributed by atoms with E-state index in [0.29, 0.717) is 16.0 Å². The first-order chi connectivity index (χ1) is 11.9. The second-order valence-corrected chi connectivity index (χ2v) is 9.20. The molecule has 0 radical (unpaired) electrons. The molecule has 0 bridgehead atoms. The number of halogens is 1. The number of aryl methyl sites for hydroxylation is 2. The first-order valence-electron chi connectivity index (χ1n) is 7.77.